The van der Waals surface area contributed by atoms with Gasteiger partial charge in [0.25, 0.3) is 11.8 Å². The molecule has 1 saturated heterocycles. The van der Waals surface area contributed by atoms with E-state index in [1.165, 1.54) is 22.7 Å². The molecular weight excluding hydrogens is 516 g/mol. The van der Waals surface area contributed by atoms with Crippen molar-refractivity contribution in [2.45, 2.75) is 25.8 Å². The van der Waals surface area contributed by atoms with Gasteiger partial charge in [0.2, 0.25) is 0 Å². The first kappa shape index (κ1) is 24.7. The lowest BCUT2D eigenvalue weighted by Gasteiger charge is -2.27. The molecule has 2 amide bonds. The summed E-state index contributed by atoms with van der Waals surface area (Å²) in [6, 6.07) is 23.5. The maximum absolute atomic E-state index is 14.2. The van der Waals surface area contributed by atoms with E-state index >= 15 is 0 Å². The number of likely N-dealkylation sites (tertiary alicyclic amines) is 1. The van der Waals surface area contributed by atoms with Crippen molar-refractivity contribution in [3.8, 4) is 10.4 Å². The molecule has 5 nitrogen and oxygen atoms in total. The van der Waals surface area contributed by atoms with Gasteiger partial charge >= 0.3 is 0 Å². The van der Waals surface area contributed by atoms with E-state index in [9.17, 15) is 14.4 Å². The molecule has 0 atom stereocenters. The van der Waals surface area contributed by atoms with Crippen LogP contribution in [0.1, 0.15) is 61.5 Å². The van der Waals surface area contributed by atoms with Gasteiger partial charge in [0.15, 0.2) is 5.78 Å². The number of anilines is 1. The number of carbonyl (C=O) groups excluding carboxylic acids is 3. The van der Waals surface area contributed by atoms with Gasteiger partial charge in [-0.2, -0.15) is 0 Å². The number of hydrogen-bond acceptors (Lipinski definition) is 5. The lowest BCUT2D eigenvalue weighted by molar-refractivity contribution is 0.0927. The number of rotatable bonds is 6. The summed E-state index contributed by atoms with van der Waals surface area (Å²) in [5, 5.41) is 0.910. The summed E-state index contributed by atoms with van der Waals surface area (Å²) in [6.45, 7) is 2.46. The van der Waals surface area contributed by atoms with Gasteiger partial charge in [-0.05, 0) is 73.5 Å². The predicted molar refractivity (Wildman–Crippen MR) is 151 cm³/mol. The summed E-state index contributed by atoms with van der Waals surface area (Å²) in [4.78, 5) is 45.9. The molecule has 0 radical (unpaired) electrons. The molecule has 1 fully saturated rings. The molecular formula is C31H25ClN2O3S. The fraction of sp³-hybridized carbons (Fsp3) is 0.194. The van der Waals surface area contributed by atoms with Gasteiger partial charge in [-0.1, -0.05) is 60.5 Å². The van der Waals surface area contributed by atoms with Crippen LogP contribution in [0.25, 0.3) is 10.4 Å². The van der Waals surface area contributed by atoms with Crippen molar-refractivity contribution in [3.05, 3.63) is 112 Å². The van der Waals surface area contributed by atoms with Crippen LogP contribution >= 0.6 is 22.9 Å². The predicted octanol–water partition coefficient (Wildman–Crippen LogP) is 7.09. The van der Waals surface area contributed by atoms with Gasteiger partial charge in [-0.3, -0.25) is 19.3 Å². The Kier molecular flexibility index (Phi) is 6.70. The molecule has 0 unspecified atom stereocenters. The number of amides is 2. The number of carbonyl (C=O) groups is 3. The summed E-state index contributed by atoms with van der Waals surface area (Å²) < 4.78 is 0. The maximum Gasteiger partial charge on any atom is 0.266 e. The first-order valence-corrected chi connectivity index (χ1v) is 13.9. The van der Waals surface area contributed by atoms with Crippen LogP contribution in [-0.4, -0.2) is 35.6 Å². The van der Waals surface area contributed by atoms with Gasteiger partial charge in [-0.25, -0.2) is 4.90 Å². The first-order valence-electron chi connectivity index (χ1n) is 12.7. The minimum absolute atomic E-state index is 0.223. The lowest BCUT2D eigenvalue weighted by Crippen LogP contribution is -2.31. The van der Waals surface area contributed by atoms with Crippen LogP contribution in [0.15, 0.2) is 78.9 Å². The zero-order chi connectivity index (χ0) is 26.2. The van der Waals surface area contributed by atoms with E-state index in [1.54, 1.807) is 48.5 Å². The summed E-state index contributed by atoms with van der Waals surface area (Å²) in [5.41, 5.74) is 3.40. The normalized spacial score (nSPS) is 15.7. The van der Waals surface area contributed by atoms with Gasteiger partial charge in [0, 0.05) is 22.0 Å². The Hall–Kier alpha value is -3.58. The molecule has 38 heavy (non-hydrogen) atoms. The van der Waals surface area contributed by atoms with Gasteiger partial charge in [-0.15, -0.1) is 11.3 Å². The van der Waals surface area contributed by atoms with Crippen molar-refractivity contribution in [1.82, 2.24) is 4.90 Å². The fourth-order valence-corrected chi connectivity index (χ4v) is 6.72. The van der Waals surface area contributed by atoms with E-state index in [-0.39, 0.29) is 5.78 Å². The number of thiophene rings is 1. The third-order valence-corrected chi connectivity index (χ3v) is 8.70. The highest BCUT2D eigenvalue weighted by molar-refractivity contribution is 7.20. The van der Waals surface area contributed by atoms with Crippen LogP contribution in [0.4, 0.5) is 5.00 Å². The Labute approximate surface area is 230 Å². The highest BCUT2D eigenvalue weighted by atomic mass is 35.5. The first-order chi connectivity index (χ1) is 18.5. The maximum atomic E-state index is 14.2. The Morgan fingerprint density at radius 2 is 1.39 bits per heavy atom. The van der Waals surface area contributed by atoms with Crippen LogP contribution in [0.5, 0.6) is 0 Å². The summed E-state index contributed by atoms with van der Waals surface area (Å²) >= 11 is 7.46. The van der Waals surface area contributed by atoms with Crippen LogP contribution in [-0.2, 0) is 6.54 Å². The molecule has 0 bridgehead atoms. The van der Waals surface area contributed by atoms with Crippen LogP contribution in [0, 0.1) is 0 Å². The van der Waals surface area contributed by atoms with Gasteiger partial charge < -0.3 is 0 Å². The molecule has 6 rings (SSSR count). The summed E-state index contributed by atoms with van der Waals surface area (Å²) in [6.07, 6.45) is 3.41. The molecule has 7 heteroatoms. The molecule has 4 aromatic rings. The van der Waals surface area contributed by atoms with E-state index in [2.05, 4.69) is 4.90 Å². The smallest absolute Gasteiger partial charge is 0.266 e. The Balaban J connectivity index is 1.57. The highest BCUT2D eigenvalue weighted by Gasteiger charge is 2.41. The Morgan fingerprint density at radius 1 is 0.789 bits per heavy atom. The van der Waals surface area contributed by atoms with Crippen molar-refractivity contribution in [1.29, 1.82) is 0 Å². The molecule has 1 aromatic heterocycles. The molecule has 0 saturated carbocycles. The summed E-state index contributed by atoms with van der Waals surface area (Å²) in [7, 11) is 0. The monoisotopic (exact) mass is 540 g/mol. The highest BCUT2D eigenvalue weighted by Crippen LogP contribution is 2.46. The van der Waals surface area contributed by atoms with Crippen molar-refractivity contribution in [3.63, 3.8) is 0 Å². The van der Waals surface area contributed by atoms with E-state index < -0.39 is 11.8 Å². The molecule has 0 spiro atoms. The van der Waals surface area contributed by atoms with Gasteiger partial charge in [0.05, 0.1) is 16.7 Å². The summed E-state index contributed by atoms with van der Waals surface area (Å²) in [5.74, 6) is -1.03. The third kappa shape index (κ3) is 4.39. The molecule has 0 N–H and O–H groups in total. The second-order valence-electron chi connectivity index (χ2n) is 9.62. The van der Waals surface area contributed by atoms with Gasteiger partial charge in [0.1, 0.15) is 5.00 Å². The molecule has 3 heterocycles. The number of nitrogens with zero attached hydrogens (tertiary/aromatic N) is 2. The largest absolute Gasteiger partial charge is 0.299 e. The second kappa shape index (κ2) is 10.3. The molecule has 2 aliphatic heterocycles. The van der Waals surface area contributed by atoms with E-state index in [1.807, 2.05) is 30.3 Å². The SMILES string of the molecule is O=C(c1ccc(Cl)cc1)c1c(N2C(=O)c3ccccc3C2=O)sc(-c2ccccc2)c1CN1CCCCC1. The average molecular weight is 541 g/mol. The van der Waals surface area contributed by atoms with Crippen LogP contribution < -0.4 is 4.90 Å². The standard InChI is InChI=1S/C31H25ClN2O3S/c32-22-15-13-20(14-16-22)27(35)26-25(19-33-17-7-2-8-18-33)28(21-9-3-1-4-10-21)38-31(26)34-29(36)23-11-5-6-12-24(23)30(34)37/h1,3-6,9-16H,2,7-8,17-19H2. The van der Waals surface area contributed by atoms with Crippen molar-refractivity contribution < 1.29 is 14.4 Å². The lowest BCUT2D eigenvalue weighted by atomic mass is 9.97. The molecule has 0 aliphatic carbocycles. The number of fused-ring (bicyclic) bond motifs is 1. The number of halogens is 1. The van der Waals surface area contributed by atoms with Crippen molar-refractivity contribution in [2.24, 2.45) is 0 Å². The Bertz CT molecular complexity index is 1500. The number of piperidine rings is 1. The Morgan fingerprint density at radius 3 is 2.03 bits per heavy atom. The zero-order valence-electron chi connectivity index (χ0n) is 20.7. The van der Waals surface area contributed by atoms with E-state index in [4.69, 9.17) is 11.6 Å². The molecule has 3 aromatic carbocycles. The van der Waals surface area contributed by atoms with E-state index in [0.717, 1.165) is 41.9 Å². The van der Waals surface area contributed by atoms with Crippen molar-refractivity contribution >= 4 is 45.5 Å². The van der Waals surface area contributed by atoms with Crippen LogP contribution in [0.2, 0.25) is 5.02 Å². The quantitative estimate of drug-likeness (QED) is 0.193. The topological polar surface area (TPSA) is 57.7 Å². The molecule has 2 aliphatic rings. The third-order valence-electron chi connectivity index (χ3n) is 7.19. The number of hydrogen-bond donors (Lipinski definition) is 0. The zero-order valence-corrected chi connectivity index (χ0v) is 22.2. The van der Waals surface area contributed by atoms with E-state index in [0.29, 0.717) is 38.8 Å². The number of imide groups is 1. The molecule has 190 valence electrons. The number of ketones is 1. The average Bonchev–Trinajstić information content (AvgIpc) is 3.44. The number of benzene rings is 3. The van der Waals surface area contributed by atoms with Crippen molar-refractivity contribution in [2.75, 3.05) is 18.0 Å². The minimum atomic E-state index is -0.402. The van der Waals surface area contributed by atoms with Crippen LogP contribution in [0.3, 0.4) is 0 Å². The minimum Gasteiger partial charge on any atom is -0.299 e. The fourth-order valence-electron chi connectivity index (χ4n) is 5.28. The second-order valence-corrected chi connectivity index (χ2v) is 11.1.